The lowest BCUT2D eigenvalue weighted by Crippen LogP contribution is -2.36. The van der Waals surface area contributed by atoms with E-state index in [0.29, 0.717) is 0 Å². The number of hydrogen-bond donors (Lipinski definition) is 0. The molecule has 3 heteroatoms. The Bertz CT molecular complexity index is 4420. The van der Waals surface area contributed by atoms with E-state index in [1.54, 1.807) is 0 Å². The summed E-state index contributed by atoms with van der Waals surface area (Å²) in [6.07, 6.45) is 0. The van der Waals surface area contributed by atoms with Gasteiger partial charge in [0.15, 0.2) is 0 Å². The Morgan fingerprint density at radius 1 is 0.280 bits per heavy atom. The summed E-state index contributed by atoms with van der Waals surface area (Å²) < 4.78 is 0. The van der Waals surface area contributed by atoms with E-state index < -0.39 is 5.41 Å². The molecule has 1 aliphatic carbocycles. The van der Waals surface area contributed by atoms with E-state index in [0.717, 1.165) is 18.8 Å². The van der Waals surface area contributed by atoms with Crippen LogP contribution in [0, 0.1) is 0 Å². The molecule has 0 amide bonds. The van der Waals surface area contributed by atoms with Crippen LogP contribution in [0.15, 0.2) is 249 Å². The van der Waals surface area contributed by atoms with Crippen LogP contribution in [0.3, 0.4) is 0 Å². The predicted octanol–water partition coefficient (Wildman–Crippen LogP) is 20.7. The van der Waals surface area contributed by atoms with Crippen LogP contribution >= 0.6 is 0 Å². The summed E-state index contributed by atoms with van der Waals surface area (Å²) in [7, 11) is 0. The Hall–Kier alpha value is -9.44. The minimum absolute atomic E-state index is 0.221. The SMILES string of the molecule is CCN1c2ccccc2C(C)(C)c2cccc(-c3cccc4c(-c5cccc6c5N(c5ccccc5)c5ccccc5C65c6ccccc6-c6ccccc65)c5cccc(-c6cccc7c6N(CC)c6ccccc6C7(C)C)c5cc34)c21. The molecule has 12 aromatic rings. The van der Waals surface area contributed by atoms with Gasteiger partial charge in [-0.25, -0.2) is 0 Å². The van der Waals surface area contributed by atoms with Crippen LogP contribution in [0.25, 0.3) is 66.1 Å². The van der Waals surface area contributed by atoms with Crippen LogP contribution < -0.4 is 14.7 Å². The lowest BCUT2D eigenvalue weighted by atomic mass is 9.64. The largest absolute Gasteiger partial charge is 0.341 e. The first-order valence-electron chi connectivity index (χ1n) is 29.5. The fourth-order valence-electron chi connectivity index (χ4n) is 15.9. The Morgan fingerprint density at radius 2 is 0.659 bits per heavy atom. The number of hydrogen-bond acceptors (Lipinski definition) is 3. The van der Waals surface area contributed by atoms with Crippen molar-refractivity contribution >= 4 is 61.4 Å². The first-order valence-corrected chi connectivity index (χ1v) is 29.5. The molecule has 1 spiro atoms. The van der Waals surface area contributed by atoms with E-state index in [-0.39, 0.29) is 10.8 Å². The molecule has 0 radical (unpaired) electrons. The third-order valence-corrected chi connectivity index (χ3v) is 19.4. The van der Waals surface area contributed by atoms with Gasteiger partial charge in [0.25, 0.3) is 0 Å². The Labute approximate surface area is 482 Å². The van der Waals surface area contributed by atoms with Crippen molar-refractivity contribution < 1.29 is 0 Å². The predicted molar refractivity (Wildman–Crippen MR) is 346 cm³/mol. The van der Waals surface area contributed by atoms with E-state index in [1.165, 1.54) is 145 Å². The summed E-state index contributed by atoms with van der Waals surface area (Å²) in [6, 6.07) is 95.0. The lowest BCUT2D eigenvalue weighted by Gasteiger charge is -2.46. The monoisotopic (exact) mass is 1050 g/mol. The molecule has 16 rings (SSSR count). The summed E-state index contributed by atoms with van der Waals surface area (Å²) in [6.45, 7) is 15.9. The summed E-state index contributed by atoms with van der Waals surface area (Å²) >= 11 is 0. The fourth-order valence-corrected chi connectivity index (χ4v) is 15.9. The van der Waals surface area contributed by atoms with Crippen molar-refractivity contribution in [2.75, 3.05) is 27.8 Å². The smallest absolute Gasteiger partial charge is 0.0754 e. The summed E-state index contributed by atoms with van der Waals surface area (Å²) in [5, 5.41) is 4.90. The zero-order chi connectivity index (χ0) is 55.2. The Balaban J connectivity index is 1.07. The number of anilines is 7. The maximum absolute atomic E-state index is 2.59. The van der Waals surface area contributed by atoms with Gasteiger partial charge in [0.2, 0.25) is 0 Å². The van der Waals surface area contributed by atoms with E-state index in [9.17, 15) is 0 Å². The molecule has 3 nitrogen and oxygen atoms in total. The van der Waals surface area contributed by atoms with Crippen LogP contribution in [0.5, 0.6) is 0 Å². The lowest BCUT2D eigenvalue weighted by molar-refractivity contribution is 0.626. The molecule has 0 saturated heterocycles. The highest BCUT2D eigenvalue weighted by Gasteiger charge is 2.52. The molecule has 0 N–H and O–H groups in total. The van der Waals surface area contributed by atoms with Crippen LogP contribution in [0.4, 0.5) is 39.8 Å². The van der Waals surface area contributed by atoms with Gasteiger partial charge in [0, 0.05) is 57.7 Å². The maximum atomic E-state index is 2.59. The van der Waals surface area contributed by atoms with Gasteiger partial charge in [0.1, 0.15) is 0 Å². The van der Waals surface area contributed by atoms with Crippen molar-refractivity contribution in [1.82, 2.24) is 0 Å². The second kappa shape index (κ2) is 17.8. The molecule has 394 valence electrons. The average molecular weight is 1050 g/mol. The molecule has 0 bridgehead atoms. The van der Waals surface area contributed by atoms with Gasteiger partial charge in [-0.05, 0) is 144 Å². The average Bonchev–Trinajstić information content (AvgIpc) is 2.38. The van der Waals surface area contributed by atoms with E-state index in [4.69, 9.17) is 0 Å². The van der Waals surface area contributed by atoms with Crippen LogP contribution in [-0.2, 0) is 16.2 Å². The van der Waals surface area contributed by atoms with Crippen molar-refractivity contribution in [3.63, 3.8) is 0 Å². The third-order valence-electron chi connectivity index (χ3n) is 19.4. The van der Waals surface area contributed by atoms with Crippen LogP contribution in [0.1, 0.15) is 86.1 Å². The van der Waals surface area contributed by atoms with Gasteiger partial charge in [0.05, 0.1) is 28.2 Å². The van der Waals surface area contributed by atoms with Crippen molar-refractivity contribution in [3.8, 4) is 44.5 Å². The number of rotatable bonds is 6. The highest BCUT2D eigenvalue weighted by molar-refractivity contribution is 6.22. The Kier molecular flexibility index (Phi) is 10.5. The highest BCUT2D eigenvalue weighted by Crippen LogP contribution is 2.66. The van der Waals surface area contributed by atoms with Gasteiger partial charge in [-0.15, -0.1) is 0 Å². The number of para-hydroxylation sites is 7. The maximum Gasteiger partial charge on any atom is 0.0754 e. The molecule has 0 saturated carbocycles. The van der Waals surface area contributed by atoms with Crippen molar-refractivity contribution in [2.45, 2.75) is 57.8 Å². The molecule has 3 aliphatic heterocycles. The first-order chi connectivity index (χ1) is 40.2. The van der Waals surface area contributed by atoms with Crippen LogP contribution in [0.2, 0.25) is 0 Å². The van der Waals surface area contributed by atoms with Gasteiger partial charge in [-0.3, -0.25) is 0 Å². The minimum atomic E-state index is -0.608. The highest BCUT2D eigenvalue weighted by atomic mass is 15.2. The summed E-state index contributed by atoms with van der Waals surface area (Å²) in [5.41, 5.74) is 28.2. The second-order valence-corrected chi connectivity index (χ2v) is 24.0. The molecule has 82 heavy (non-hydrogen) atoms. The molecular weight excluding hydrogens is 991 g/mol. The summed E-state index contributed by atoms with van der Waals surface area (Å²) in [5.74, 6) is 0. The van der Waals surface area contributed by atoms with Gasteiger partial charge >= 0.3 is 0 Å². The molecule has 0 atom stereocenters. The van der Waals surface area contributed by atoms with Crippen molar-refractivity contribution in [2.24, 2.45) is 0 Å². The minimum Gasteiger partial charge on any atom is -0.341 e. The van der Waals surface area contributed by atoms with Crippen molar-refractivity contribution in [3.05, 3.63) is 293 Å². The zero-order valence-electron chi connectivity index (χ0n) is 47.4. The molecule has 3 heterocycles. The topological polar surface area (TPSA) is 9.72 Å². The molecule has 12 aromatic carbocycles. The normalized spacial score (nSPS) is 15.3. The third kappa shape index (κ3) is 6.37. The summed E-state index contributed by atoms with van der Waals surface area (Å²) in [4.78, 5) is 7.74. The van der Waals surface area contributed by atoms with Gasteiger partial charge in [-0.2, -0.15) is 0 Å². The molecule has 0 unspecified atom stereocenters. The number of nitrogens with zero attached hydrogens (tertiary/aromatic N) is 3. The van der Waals surface area contributed by atoms with E-state index >= 15 is 0 Å². The van der Waals surface area contributed by atoms with E-state index in [2.05, 4.69) is 305 Å². The Morgan fingerprint density at radius 3 is 1.17 bits per heavy atom. The standard InChI is InChI=1S/C79H63N3/c1-7-80-70-46-19-16-40-64(70)77(3,4)67-43-24-35-57(74(67)80)51-31-22-33-55-60(51)49-61-52(58-36-25-44-68-75(58)81(8-2)71-47-20-17-41-65(71)78(68,5)6)32-23-34-56(61)73(55)59-37-26-45-69-76(59)82(50-27-10-9-11-28-50)72-48-21-18-42-66(72)79(69)62-38-14-12-29-53(62)54-30-13-15-39-63(54)79/h9-49H,7-8H2,1-6H3. The quantitative estimate of drug-likeness (QED) is 0.154. The number of fused-ring (bicyclic) bond motifs is 15. The van der Waals surface area contributed by atoms with Gasteiger partial charge in [-0.1, -0.05) is 240 Å². The first kappa shape index (κ1) is 48.5. The van der Waals surface area contributed by atoms with Crippen LogP contribution in [-0.4, -0.2) is 13.1 Å². The fraction of sp³-hybridized carbons (Fsp3) is 0.139. The van der Waals surface area contributed by atoms with E-state index in [1.807, 2.05) is 0 Å². The van der Waals surface area contributed by atoms with Crippen molar-refractivity contribution in [1.29, 1.82) is 0 Å². The second-order valence-electron chi connectivity index (χ2n) is 24.0. The molecule has 0 fully saturated rings. The molecular formula is C79H63N3. The van der Waals surface area contributed by atoms with Gasteiger partial charge < -0.3 is 14.7 Å². The molecule has 0 aromatic heterocycles. The zero-order valence-corrected chi connectivity index (χ0v) is 47.4. The number of benzene rings is 12. The molecule has 4 aliphatic rings.